The van der Waals surface area contributed by atoms with Gasteiger partial charge in [0.25, 0.3) is 0 Å². The van der Waals surface area contributed by atoms with Crippen molar-refractivity contribution in [3.8, 4) is 5.69 Å². The summed E-state index contributed by atoms with van der Waals surface area (Å²) >= 11 is 6.20. The van der Waals surface area contributed by atoms with Gasteiger partial charge < -0.3 is 15.5 Å². The molecule has 20 heavy (non-hydrogen) atoms. The molecule has 0 amide bonds. The predicted octanol–water partition coefficient (Wildman–Crippen LogP) is 2.50. The fourth-order valence-corrected chi connectivity index (χ4v) is 2.96. The van der Waals surface area contributed by atoms with Gasteiger partial charge in [-0.2, -0.15) is 0 Å². The first-order chi connectivity index (χ1) is 9.72. The van der Waals surface area contributed by atoms with Crippen LogP contribution in [0.5, 0.6) is 0 Å². The van der Waals surface area contributed by atoms with Gasteiger partial charge in [0.05, 0.1) is 28.3 Å². The molecular formula is C14H15ClN4O. The molecule has 0 saturated carbocycles. The molecule has 3 N–H and O–H groups in total. The molecule has 1 aromatic heterocycles. The Balaban J connectivity index is 2.20. The van der Waals surface area contributed by atoms with E-state index < -0.39 is 0 Å². The molecule has 6 heteroatoms. The van der Waals surface area contributed by atoms with Crippen molar-refractivity contribution in [1.82, 2.24) is 9.55 Å². The molecule has 1 aromatic carbocycles. The molecule has 104 valence electrons. The average Bonchev–Trinajstić information content (AvgIpc) is 2.90. The van der Waals surface area contributed by atoms with Crippen molar-refractivity contribution in [2.24, 2.45) is 10.9 Å². The second-order valence-corrected chi connectivity index (χ2v) is 5.24. The van der Waals surface area contributed by atoms with Crippen LogP contribution in [0.3, 0.4) is 0 Å². The zero-order chi connectivity index (χ0) is 14.1. The van der Waals surface area contributed by atoms with Crippen LogP contribution in [-0.2, 0) is 12.8 Å². The third-order valence-corrected chi connectivity index (χ3v) is 3.96. The monoisotopic (exact) mass is 290 g/mol. The summed E-state index contributed by atoms with van der Waals surface area (Å²) in [5.74, 6) is 0.00357. The number of hydrogen-bond donors (Lipinski definition) is 2. The maximum Gasteiger partial charge on any atom is 0.173 e. The van der Waals surface area contributed by atoms with Crippen molar-refractivity contribution in [2.45, 2.75) is 25.7 Å². The summed E-state index contributed by atoms with van der Waals surface area (Å²) in [6.45, 7) is 0. The molecule has 1 heterocycles. The van der Waals surface area contributed by atoms with Crippen LogP contribution in [0, 0.1) is 0 Å². The third kappa shape index (κ3) is 2.04. The van der Waals surface area contributed by atoms with Crippen LogP contribution < -0.4 is 5.73 Å². The topological polar surface area (TPSA) is 76.4 Å². The highest BCUT2D eigenvalue weighted by Gasteiger charge is 2.20. The van der Waals surface area contributed by atoms with Gasteiger partial charge >= 0.3 is 0 Å². The van der Waals surface area contributed by atoms with Crippen LogP contribution in [0.2, 0.25) is 5.02 Å². The lowest BCUT2D eigenvalue weighted by Gasteiger charge is -2.16. The Hall–Kier alpha value is -2.01. The maximum atomic E-state index is 8.95. The standard InChI is InChI=1S/C14H15ClN4O/c15-9-4-3-7-12(13(9)14(16)18-20)19-8-17-10-5-1-2-6-11(10)19/h3-4,7-8,20H,1-2,5-6H2,(H2,16,18). The van der Waals surface area contributed by atoms with E-state index in [1.54, 1.807) is 12.4 Å². The summed E-state index contributed by atoms with van der Waals surface area (Å²) in [7, 11) is 0. The highest BCUT2D eigenvalue weighted by Crippen LogP contribution is 2.28. The Labute approximate surface area is 121 Å². The third-order valence-electron chi connectivity index (χ3n) is 3.65. The number of oxime groups is 1. The average molecular weight is 291 g/mol. The summed E-state index contributed by atoms with van der Waals surface area (Å²) < 4.78 is 1.99. The van der Waals surface area contributed by atoms with Gasteiger partial charge in [-0.3, -0.25) is 0 Å². The molecular weight excluding hydrogens is 276 g/mol. The first-order valence-electron chi connectivity index (χ1n) is 6.54. The number of nitrogens with zero attached hydrogens (tertiary/aromatic N) is 3. The van der Waals surface area contributed by atoms with Crippen LogP contribution in [0.4, 0.5) is 0 Å². The maximum absolute atomic E-state index is 8.95. The molecule has 0 bridgehead atoms. The van der Waals surface area contributed by atoms with Crippen molar-refractivity contribution >= 4 is 17.4 Å². The normalized spacial score (nSPS) is 15.2. The number of imidazole rings is 1. The SMILES string of the molecule is N/C(=N/O)c1c(Cl)cccc1-n1cnc2c1CCCC2. The van der Waals surface area contributed by atoms with E-state index in [0.29, 0.717) is 10.6 Å². The van der Waals surface area contributed by atoms with E-state index in [9.17, 15) is 0 Å². The Morgan fingerprint density at radius 1 is 1.35 bits per heavy atom. The van der Waals surface area contributed by atoms with E-state index in [-0.39, 0.29) is 5.84 Å². The Morgan fingerprint density at radius 2 is 2.15 bits per heavy atom. The molecule has 5 nitrogen and oxygen atoms in total. The molecule has 0 atom stereocenters. The molecule has 1 aliphatic carbocycles. The predicted molar refractivity (Wildman–Crippen MR) is 77.7 cm³/mol. The largest absolute Gasteiger partial charge is 0.409 e. The molecule has 0 spiro atoms. The number of amidine groups is 1. The minimum absolute atomic E-state index is 0.00357. The Bertz CT molecular complexity index is 678. The van der Waals surface area contributed by atoms with Gasteiger partial charge in [0.1, 0.15) is 0 Å². The number of hydrogen-bond acceptors (Lipinski definition) is 3. The molecule has 2 aromatic rings. The molecule has 3 rings (SSSR count). The van der Waals surface area contributed by atoms with Gasteiger partial charge in [0.15, 0.2) is 5.84 Å². The van der Waals surface area contributed by atoms with Crippen LogP contribution >= 0.6 is 11.6 Å². The second-order valence-electron chi connectivity index (χ2n) is 4.83. The van der Waals surface area contributed by atoms with E-state index in [4.69, 9.17) is 22.5 Å². The summed E-state index contributed by atoms with van der Waals surface area (Å²) in [6, 6.07) is 5.47. The number of benzene rings is 1. The number of halogens is 1. The lowest BCUT2D eigenvalue weighted by atomic mass is 10.0. The van der Waals surface area contributed by atoms with Gasteiger partial charge in [-0.05, 0) is 37.8 Å². The van der Waals surface area contributed by atoms with Crippen molar-refractivity contribution in [3.63, 3.8) is 0 Å². The molecule has 0 radical (unpaired) electrons. The molecule has 0 unspecified atom stereocenters. The molecule has 0 fully saturated rings. The summed E-state index contributed by atoms with van der Waals surface area (Å²) in [5.41, 5.74) is 9.40. The zero-order valence-electron chi connectivity index (χ0n) is 10.9. The molecule has 0 saturated heterocycles. The number of rotatable bonds is 2. The van der Waals surface area contributed by atoms with E-state index in [0.717, 1.165) is 30.6 Å². The van der Waals surface area contributed by atoms with E-state index in [1.807, 2.05) is 16.7 Å². The van der Waals surface area contributed by atoms with Crippen molar-refractivity contribution in [3.05, 3.63) is 46.5 Å². The second kappa shape index (κ2) is 5.17. The summed E-state index contributed by atoms with van der Waals surface area (Å²) in [4.78, 5) is 4.47. The van der Waals surface area contributed by atoms with Gasteiger partial charge in [0, 0.05) is 5.69 Å². The number of aryl methyl sites for hydroxylation is 1. The quantitative estimate of drug-likeness (QED) is 0.386. The van der Waals surface area contributed by atoms with Crippen LogP contribution in [0.15, 0.2) is 29.7 Å². The summed E-state index contributed by atoms with van der Waals surface area (Å²) in [6.07, 6.45) is 6.10. The molecule has 0 aliphatic heterocycles. The first-order valence-corrected chi connectivity index (χ1v) is 6.92. The number of nitrogens with two attached hydrogens (primary N) is 1. The minimum atomic E-state index is 0.00357. The Kier molecular flexibility index (Phi) is 3.36. The summed E-state index contributed by atoms with van der Waals surface area (Å²) in [5, 5.41) is 12.5. The van der Waals surface area contributed by atoms with E-state index >= 15 is 0 Å². The van der Waals surface area contributed by atoms with Crippen LogP contribution in [-0.4, -0.2) is 20.6 Å². The highest BCUT2D eigenvalue weighted by atomic mass is 35.5. The van der Waals surface area contributed by atoms with Crippen molar-refractivity contribution in [2.75, 3.05) is 0 Å². The van der Waals surface area contributed by atoms with Crippen molar-refractivity contribution in [1.29, 1.82) is 0 Å². The van der Waals surface area contributed by atoms with Gasteiger partial charge in [0.2, 0.25) is 0 Å². The van der Waals surface area contributed by atoms with E-state index in [1.165, 1.54) is 12.1 Å². The molecule has 1 aliphatic rings. The van der Waals surface area contributed by atoms with Crippen molar-refractivity contribution < 1.29 is 5.21 Å². The number of aromatic nitrogens is 2. The fraction of sp³-hybridized carbons (Fsp3) is 0.286. The lowest BCUT2D eigenvalue weighted by molar-refractivity contribution is 0.318. The van der Waals surface area contributed by atoms with Gasteiger partial charge in [-0.15, -0.1) is 0 Å². The zero-order valence-corrected chi connectivity index (χ0v) is 11.6. The first kappa shape index (κ1) is 13.0. The van der Waals surface area contributed by atoms with Crippen LogP contribution in [0.1, 0.15) is 29.8 Å². The lowest BCUT2D eigenvalue weighted by Crippen LogP contribution is -2.18. The number of fused-ring (bicyclic) bond motifs is 1. The fourth-order valence-electron chi connectivity index (χ4n) is 2.69. The highest BCUT2D eigenvalue weighted by molar-refractivity contribution is 6.34. The minimum Gasteiger partial charge on any atom is -0.409 e. The van der Waals surface area contributed by atoms with E-state index in [2.05, 4.69) is 10.1 Å². The van der Waals surface area contributed by atoms with Gasteiger partial charge in [-0.25, -0.2) is 4.98 Å². The van der Waals surface area contributed by atoms with Gasteiger partial charge in [-0.1, -0.05) is 22.8 Å². The Morgan fingerprint density at radius 3 is 2.95 bits per heavy atom. The van der Waals surface area contributed by atoms with Crippen LogP contribution in [0.25, 0.3) is 5.69 Å². The smallest absolute Gasteiger partial charge is 0.173 e.